The highest BCUT2D eigenvalue weighted by molar-refractivity contribution is 5.30. The van der Waals surface area contributed by atoms with Crippen molar-refractivity contribution in [1.29, 1.82) is 5.26 Å². The summed E-state index contributed by atoms with van der Waals surface area (Å²) in [6.45, 7) is 4.71. The molecule has 1 fully saturated rings. The first-order valence-electron chi connectivity index (χ1n) is 6.82. The van der Waals surface area contributed by atoms with Gasteiger partial charge in [0.25, 0.3) is 0 Å². The maximum absolute atomic E-state index is 8.98. The maximum Gasteiger partial charge on any atom is 0.118 e. The molecule has 19 heavy (non-hydrogen) atoms. The summed E-state index contributed by atoms with van der Waals surface area (Å²) in [5.41, 5.74) is 1.11. The zero-order chi connectivity index (χ0) is 13.9. The topological polar surface area (TPSA) is 45.0 Å². The van der Waals surface area contributed by atoms with Gasteiger partial charge < -0.3 is 10.1 Å². The Morgan fingerprint density at radius 3 is 2.47 bits per heavy atom. The van der Waals surface area contributed by atoms with E-state index < -0.39 is 0 Å². The Morgan fingerprint density at radius 1 is 1.32 bits per heavy atom. The van der Waals surface area contributed by atoms with Crippen molar-refractivity contribution >= 4 is 0 Å². The molecule has 0 radical (unpaired) electrons. The number of nitriles is 1. The van der Waals surface area contributed by atoms with Gasteiger partial charge in [-0.15, -0.1) is 0 Å². The van der Waals surface area contributed by atoms with Crippen LogP contribution in [0.1, 0.15) is 38.2 Å². The highest BCUT2D eigenvalue weighted by Crippen LogP contribution is 2.37. The van der Waals surface area contributed by atoms with Gasteiger partial charge in [0.1, 0.15) is 5.75 Å². The first-order chi connectivity index (χ1) is 9.04. The van der Waals surface area contributed by atoms with Crippen LogP contribution in [-0.2, 0) is 0 Å². The summed E-state index contributed by atoms with van der Waals surface area (Å²) in [5.74, 6) is 1.56. The molecule has 0 aliphatic heterocycles. The number of methoxy groups -OCH3 is 1. The molecule has 0 bridgehead atoms. The molecule has 0 atom stereocenters. The molecule has 0 aromatic heterocycles. The van der Waals surface area contributed by atoms with Gasteiger partial charge in [-0.1, -0.05) is 12.1 Å². The second kappa shape index (κ2) is 5.63. The van der Waals surface area contributed by atoms with Crippen molar-refractivity contribution < 1.29 is 4.74 Å². The summed E-state index contributed by atoms with van der Waals surface area (Å²) in [4.78, 5) is 0. The molecule has 1 aromatic rings. The van der Waals surface area contributed by atoms with Crippen LogP contribution in [0.5, 0.6) is 5.75 Å². The molecular formula is C16H22N2O. The molecule has 0 amide bonds. The lowest BCUT2D eigenvalue weighted by Crippen LogP contribution is -2.43. The summed E-state index contributed by atoms with van der Waals surface area (Å²) >= 11 is 0. The fraction of sp³-hybridized carbons (Fsp3) is 0.562. The van der Waals surface area contributed by atoms with Crippen LogP contribution in [0.3, 0.4) is 0 Å². The summed E-state index contributed by atoms with van der Waals surface area (Å²) in [6.07, 6.45) is 2.32. The van der Waals surface area contributed by atoms with E-state index in [-0.39, 0.29) is 5.41 Å². The van der Waals surface area contributed by atoms with E-state index >= 15 is 0 Å². The van der Waals surface area contributed by atoms with Crippen LogP contribution in [0.2, 0.25) is 0 Å². The first kappa shape index (κ1) is 13.9. The molecular weight excluding hydrogens is 236 g/mol. The molecule has 0 unspecified atom stereocenters. The van der Waals surface area contributed by atoms with E-state index in [0.717, 1.165) is 25.1 Å². The molecule has 1 N–H and O–H groups in total. The minimum atomic E-state index is -0.273. The highest BCUT2D eigenvalue weighted by atomic mass is 16.5. The van der Waals surface area contributed by atoms with Crippen molar-refractivity contribution in [2.45, 2.75) is 38.6 Å². The minimum absolute atomic E-state index is 0.273. The normalized spacial score (nSPS) is 22.4. The van der Waals surface area contributed by atoms with E-state index in [0.29, 0.717) is 12.0 Å². The van der Waals surface area contributed by atoms with Crippen LogP contribution >= 0.6 is 0 Å². The zero-order valence-electron chi connectivity index (χ0n) is 11.9. The smallest absolute Gasteiger partial charge is 0.118 e. The number of hydrogen-bond acceptors (Lipinski definition) is 3. The van der Waals surface area contributed by atoms with Crippen LogP contribution < -0.4 is 10.1 Å². The summed E-state index contributed by atoms with van der Waals surface area (Å²) < 4.78 is 5.17. The Hall–Kier alpha value is -1.53. The lowest BCUT2D eigenvalue weighted by Gasteiger charge is -2.37. The van der Waals surface area contributed by atoms with Gasteiger partial charge in [0.2, 0.25) is 0 Å². The Morgan fingerprint density at radius 2 is 1.95 bits per heavy atom. The molecule has 3 heteroatoms. The monoisotopic (exact) mass is 258 g/mol. The molecule has 0 heterocycles. The van der Waals surface area contributed by atoms with Crippen LogP contribution in [-0.4, -0.2) is 19.7 Å². The zero-order valence-corrected chi connectivity index (χ0v) is 11.9. The molecule has 1 aliphatic rings. The molecule has 2 rings (SSSR count). The fourth-order valence-corrected chi connectivity index (χ4v) is 2.37. The van der Waals surface area contributed by atoms with Gasteiger partial charge in [-0.3, -0.25) is 0 Å². The van der Waals surface area contributed by atoms with Gasteiger partial charge >= 0.3 is 0 Å². The number of nitrogens with one attached hydrogen (secondary N) is 1. The second-order valence-electron chi connectivity index (χ2n) is 6.01. The lowest BCUT2D eigenvalue weighted by atomic mass is 9.75. The van der Waals surface area contributed by atoms with Crippen molar-refractivity contribution in [3.05, 3.63) is 29.8 Å². The van der Waals surface area contributed by atoms with E-state index in [1.165, 1.54) is 5.56 Å². The third kappa shape index (κ3) is 3.48. The summed E-state index contributed by atoms with van der Waals surface area (Å²) in [7, 11) is 1.69. The number of benzene rings is 1. The van der Waals surface area contributed by atoms with Crippen molar-refractivity contribution in [2.75, 3.05) is 13.7 Å². The Bertz CT molecular complexity index is 453. The van der Waals surface area contributed by atoms with Crippen molar-refractivity contribution in [3.63, 3.8) is 0 Å². The van der Waals surface area contributed by atoms with Crippen molar-refractivity contribution in [1.82, 2.24) is 5.32 Å². The highest BCUT2D eigenvalue weighted by Gasteiger charge is 2.31. The number of rotatable bonds is 5. The van der Waals surface area contributed by atoms with Crippen molar-refractivity contribution in [3.8, 4) is 11.8 Å². The Kier molecular flexibility index (Phi) is 4.11. The number of ether oxygens (including phenoxy) is 1. The van der Waals surface area contributed by atoms with Gasteiger partial charge in [-0.25, -0.2) is 0 Å². The minimum Gasteiger partial charge on any atom is -0.497 e. The van der Waals surface area contributed by atoms with E-state index in [1.807, 2.05) is 26.0 Å². The standard InChI is InChI=1S/C16H22N2O/c1-16(2,10-17)11-18-14-8-13(9-14)12-4-6-15(19-3)7-5-12/h4-7,13-14,18H,8-9,11H2,1-3H3. The van der Waals surface area contributed by atoms with Gasteiger partial charge in [0, 0.05) is 12.6 Å². The fourth-order valence-electron chi connectivity index (χ4n) is 2.37. The number of hydrogen-bond donors (Lipinski definition) is 1. The van der Waals surface area contributed by atoms with Crippen LogP contribution in [0, 0.1) is 16.7 Å². The third-order valence-corrected chi connectivity index (χ3v) is 3.86. The molecule has 102 valence electrons. The quantitative estimate of drug-likeness (QED) is 0.882. The maximum atomic E-state index is 8.98. The first-order valence-corrected chi connectivity index (χ1v) is 6.82. The SMILES string of the molecule is COc1ccc(C2CC(NCC(C)(C)C#N)C2)cc1. The average Bonchev–Trinajstić information content (AvgIpc) is 2.37. The average molecular weight is 258 g/mol. The molecule has 0 spiro atoms. The van der Waals surface area contributed by atoms with Crippen LogP contribution in [0.4, 0.5) is 0 Å². The van der Waals surface area contributed by atoms with E-state index in [9.17, 15) is 0 Å². The molecule has 1 aliphatic carbocycles. The van der Waals surface area contributed by atoms with E-state index in [1.54, 1.807) is 7.11 Å². The summed E-state index contributed by atoms with van der Waals surface area (Å²) in [6, 6.07) is 11.2. The largest absolute Gasteiger partial charge is 0.497 e. The molecule has 1 saturated carbocycles. The Balaban J connectivity index is 1.78. The summed E-state index contributed by atoms with van der Waals surface area (Å²) in [5, 5.41) is 12.5. The lowest BCUT2D eigenvalue weighted by molar-refractivity contribution is 0.267. The van der Waals surface area contributed by atoms with E-state index in [2.05, 4.69) is 23.5 Å². The van der Waals surface area contributed by atoms with Crippen LogP contribution in [0.25, 0.3) is 0 Å². The predicted octanol–water partition coefficient (Wildman–Crippen LogP) is 3.08. The van der Waals surface area contributed by atoms with Crippen molar-refractivity contribution in [2.24, 2.45) is 5.41 Å². The molecule has 3 nitrogen and oxygen atoms in total. The molecule has 0 saturated heterocycles. The van der Waals surface area contributed by atoms with E-state index in [4.69, 9.17) is 10.00 Å². The van der Waals surface area contributed by atoms with Gasteiger partial charge in [-0.2, -0.15) is 5.26 Å². The van der Waals surface area contributed by atoms with Gasteiger partial charge in [0.15, 0.2) is 0 Å². The predicted molar refractivity (Wildman–Crippen MR) is 76.2 cm³/mol. The van der Waals surface area contributed by atoms with Crippen LogP contribution in [0.15, 0.2) is 24.3 Å². The second-order valence-corrected chi connectivity index (χ2v) is 6.01. The van der Waals surface area contributed by atoms with Gasteiger partial charge in [0.05, 0.1) is 18.6 Å². The van der Waals surface area contributed by atoms with Gasteiger partial charge in [-0.05, 0) is 50.3 Å². The Labute approximate surface area is 115 Å². The molecule has 1 aromatic carbocycles. The third-order valence-electron chi connectivity index (χ3n) is 3.86. The number of nitrogens with zero attached hydrogens (tertiary/aromatic N) is 1.